The number of nitrogens with one attached hydrogen (secondary N) is 1. The van der Waals surface area contributed by atoms with Gasteiger partial charge in [0.2, 0.25) is 0 Å². The molecule has 1 fully saturated rings. The minimum Gasteiger partial charge on any atom is -0.497 e. The summed E-state index contributed by atoms with van der Waals surface area (Å²) >= 11 is 0. The van der Waals surface area contributed by atoms with Crippen LogP contribution in [0, 0.1) is 0 Å². The van der Waals surface area contributed by atoms with Gasteiger partial charge in [-0.3, -0.25) is 18.9 Å². The van der Waals surface area contributed by atoms with Gasteiger partial charge in [0.05, 0.1) is 20.8 Å². The third kappa shape index (κ3) is 23.3. The first-order valence-corrected chi connectivity index (χ1v) is 25.8. The van der Waals surface area contributed by atoms with E-state index in [4.69, 9.17) is 27.9 Å². The van der Waals surface area contributed by atoms with Crippen LogP contribution < -0.4 is 14.8 Å². The molecule has 1 aliphatic rings. The molecule has 2 aromatic rings. The third-order valence-electron chi connectivity index (χ3n) is 12.1. The number of aliphatic hydroxyl groups is 2. The normalized spacial score (nSPS) is 18.9. The molecule has 1 amide bonds. The van der Waals surface area contributed by atoms with Crippen molar-refractivity contribution in [1.29, 1.82) is 0 Å². The minimum atomic E-state index is -5.21. The van der Waals surface area contributed by atoms with E-state index in [1.807, 2.05) is 36.4 Å². The summed E-state index contributed by atoms with van der Waals surface area (Å²) in [6, 6.07) is 14.3. The Kier molecular flexibility index (Phi) is 28.1. The summed E-state index contributed by atoms with van der Waals surface area (Å²) in [5.74, 6) is -0.528. The largest absolute Gasteiger partial charge is 0.497 e. The molecule has 0 spiro atoms. The fraction of sp³-hybridized carbons (Fsp3) is 0.700. The molecule has 0 aliphatic carbocycles. The molecule has 1 heterocycles. The maximum absolute atomic E-state index is 14.0. The Morgan fingerprint density at radius 2 is 1.11 bits per heavy atom. The summed E-state index contributed by atoms with van der Waals surface area (Å²) < 4.78 is 65.9. The van der Waals surface area contributed by atoms with Crippen molar-refractivity contribution >= 4 is 28.2 Å². The van der Waals surface area contributed by atoms with Crippen LogP contribution in [0.15, 0.2) is 48.5 Å². The Balaban J connectivity index is 1.60. The van der Waals surface area contributed by atoms with Gasteiger partial charge in [-0.15, -0.1) is 0 Å². The summed E-state index contributed by atoms with van der Waals surface area (Å²) in [4.78, 5) is 40.5. The lowest BCUT2D eigenvalue weighted by Crippen LogP contribution is -2.67. The van der Waals surface area contributed by atoms with E-state index in [0.717, 1.165) is 95.0 Å². The summed E-state index contributed by atoms with van der Waals surface area (Å²) in [7, 11) is -1.94. The number of amides is 1. The van der Waals surface area contributed by atoms with Gasteiger partial charge in [-0.05, 0) is 86.8 Å². The number of aryl methyl sites for hydroxylation is 2. The summed E-state index contributed by atoms with van der Waals surface area (Å²) in [6.07, 6.45) is 12.5. The van der Waals surface area contributed by atoms with Crippen LogP contribution in [0.2, 0.25) is 0 Å². The van der Waals surface area contributed by atoms with Gasteiger partial charge in [0.25, 0.3) is 5.91 Å². The highest BCUT2D eigenvalue weighted by Crippen LogP contribution is 2.28. The topological polar surface area (TPSA) is 213 Å². The van der Waals surface area contributed by atoms with Gasteiger partial charge < -0.3 is 39.2 Å². The standard InChI is InChI=1S/C50H79NO14S/c1-4-5-6-7-8-9-10-11-16-21-26-42(62-44(53)27-22-17-12-14-19-24-38-29-33-40(60-2)34-30-38)49(55)51-46-48(47(65-66(57,58)59)43(37-52)63-50(46)56)64-45(54)28-23-18-13-15-20-25-39-31-35-41(61-3)36-32-39/h29-36,42-43,46-48,50,52,56H,4-28,37H2,1-3H3,(H,51,55)(H,57,58,59)/t42?,43-,46-,47-,48-,50?/m1/s1. The highest BCUT2D eigenvalue weighted by molar-refractivity contribution is 7.80. The Morgan fingerprint density at radius 1 is 0.652 bits per heavy atom. The van der Waals surface area contributed by atoms with Crippen LogP contribution >= 0.6 is 0 Å². The summed E-state index contributed by atoms with van der Waals surface area (Å²) in [6.45, 7) is 1.31. The zero-order valence-electron chi connectivity index (χ0n) is 39.7. The maximum atomic E-state index is 14.0. The average molecular weight is 950 g/mol. The number of carbonyl (C=O) groups excluding carboxylic acids is 3. The van der Waals surface area contributed by atoms with Gasteiger partial charge in [-0.25, -0.2) is 4.18 Å². The number of carbonyl (C=O) groups is 3. The first kappa shape index (κ1) is 56.5. The predicted molar refractivity (Wildman–Crippen MR) is 251 cm³/mol. The maximum Gasteiger partial charge on any atom is 0.397 e. The number of hydrogen-bond donors (Lipinski definition) is 4. The van der Waals surface area contributed by atoms with Crippen molar-refractivity contribution in [2.45, 2.75) is 204 Å². The molecule has 4 N–H and O–H groups in total. The third-order valence-corrected chi connectivity index (χ3v) is 12.5. The van der Waals surface area contributed by atoms with Crippen LogP contribution in [-0.2, 0) is 56.0 Å². The minimum absolute atomic E-state index is 0.0728. The number of hydrogen-bond acceptors (Lipinski definition) is 13. The van der Waals surface area contributed by atoms with Crippen molar-refractivity contribution in [1.82, 2.24) is 5.32 Å². The molecule has 3 rings (SSSR count). The molecule has 6 atom stereocenters. The van der Waals surface area contributed by atoms with Crippen LogP contribution in [0.5, 0.6) is 11.5 Å². The lowest BCUT2D eigenvalue weighted by Gasteiger charge is -2.43. The summed E-state index contributed by atoms with van der Waals surface area (Å²) in [5.41, 5.74) is 2.43. The molecular weight excluding hydrogens is 871 g/mol. The molecule has 66 heavy (non-hydrogen) atoms. The van der Waals surface area contributed by atoms with Gasteiger partial charge >= 0.3 is 22.3 Å². The van der Waals surface area contributed by atoms with Crippen molar-refractivity contribution < 1.29 is 65.4 Å². The van der Waals surface area contributed by atoms with Crippen LogP contribution in [0.25, 0.3) is 0 Å². The average Bonchev–Trinajstić information content (AvgIpc) is 3.30. The fourth-order valence-corrected chi connectivity index (χ4v) is 8.72. The monoisotopic (exact) mass is 950 g/mol. The summed E-state index contributed by atoms with van der Waals surface area (Å²) in [5, 5.41) is 23.7. The number of rotatable bonds is 36. The van der Waals surface area contributed by atoms with Gasteiger partial charge in [-0.1, -0.05) is 128 Å². The van der Waals surface area contributed by atoms with Crippen molar-refractivity contribution in [2.75, 3.05) is 20.8 Å². The van der Waals surface area contributed by atoms with E-state index < -0.39 is 71.6 Å². The van der Waals surface area contributed by atoms with Crippen LogP contribution in [0.3, 0.4) is 0 Å². The number of aliphatic hydroxyl groups excluding tert-OH is 2. The smallest absolute Gasteiger partial charge is 0.397 e. The number of benzene rings is 2. The Morgan fingerprint density at radius 3 is 1.58 bits per heavy atom. The zero-order chi connectivity index (χ0) is 48.0. The highest BCUT2D eigenvalue weighted by Gasteiger charge is 2.51. The molecule has 374 valence electrons. The molecule has 0 bridgehead atoms. The van der Waals surface area contributed by atoms with Crippen LogP contribution in [0.1, 0.15) is 166 Å². The van der Waals surface area contributed by atoms with E-state index in [1.54, 1.807) is 14.2 Å². The van der Waals surface area contributed by atoms with Crippen molar-refractivity contribution in [3.63, 3.8) is 0 Å². The quantitative estimate of drug-likeness (QED) is 0.0286. The Bertz CT molecular complexity index is 1740. The van der Waals surface area contributed by atoms with Crippen molar-refractivity contribution in [3.8, 4) is 11.5 Å². The van der Waals surface area contributed by atoms with Crippen molar-refractivity contribution in [3.05, 3.63) is 59.7 Å². The lowest BCUT2D eigenvalue weighted by molar-refractivity contribution is -0.254. The second-order valence-electron chi connectivity index (χ2n) is 17.4. The van der Waals surface area contributed by atoms with E-state index >= 15 is 0 Å². The molecule has 2 aromatic carbocycles. The lowest BCUT2D eigenvalue weighted by atomic mass is 9.96. The second kappa shape index (κ2) is 32.8. The van der Waals surface area contributed by atoms with Crippen LogP contribution in [-0.4, -0.2) is 98.6 Å². The fourth-order valence-electron chi connectivity index (χ4n) is 8.21. The zero-order valence-corrected chi connectivity index (χ0v) is 40.5. The van der Waals surface area contributed by atoms with E-state index in [9.17, 15) is 37.6 Å². The number of esters is 2. The molecule has 0 saturated carbocycles. The van der Waals surface area contributed by atoms with Gasteiger partial charge in [-0.2, -0.15) is 8.42 Å². The molecular formula is C50H79NO14S. The van der Waals surface area contributed by atoms with E-state index in [1.165, 1.54) is 43.2 Å². The SMILES string of the molecule is CCCCCCCCCCCCC(OC(=O)CCCCCCCc1ccc(OC)cc1)C(=O)N[C@H]1C(O)O[C@H](CO)[C@@H](OS(=O)(=O)O)[C@@H]1OC(=O)CCCCCCCc1ccc(OC)cc1. The van der Waals surface area contributed by atoms with Gasteiger partial charge in [0.15, 0.2) is 18.5 Å². The molecule has 1 aliphatic heterocycles. The molecule has 1 saturated heterocycles. The highest BCUT2D eigenvalue weighted by atomic mass is 32.3. The predicted octanol–water partition coefficient (Wildman–Crippen LogP) is 8.69. The number of methoxy groups -OCH3 is 2. The van der Waals surface area contributed by atoms with E-state index in [0.29, 0.717) is 25.7 Å². The molecule has 15 nitrogen and oxygen atoms in total. The molecule has 2 unspecified atom stereocenters. The number of ether oxygens (including phenoxy) is 5. The Labute approximate surface area is 393 Å². The van der Waals surface area contributed by atoms with Crippen molar-refractivity contribution in [2.24, 2.45) is 0 Å². The number of unbranched alkanes of at least 4 members (excludes halogenated alkanes) is 17. The second-order valence-corrected chi connectivity index (χ2v) is 18.5. The van der Waals surface area contributed by atoms with E-state index in [2.05, 4.69) is 24.4 Å². The molecule has 16 heteroatoms. The van der Waals surface area contributed by atoms with Gasteiger partial charge in [0.1, 0.15) is 29.7 Å². The first-order valence-electron chi connectivity index (χ1n) is 24.4. The molecule has 0 aromatic heterocycles. The van der Waals surface area contributed by atoms with Crippen LogP contribution in [0.4, 0.5) is 0 Å². The molecule has 0 radical (unpaired) electrons. The Hall–Kier alpha value is -3.80. The van der Waals surface area contributed by atoms with E-state index in [-0.39, 0.29) is 19.3 Å². The first-order chi connectivity index (χ1) is 31.9. The van der Waals surface area contributed by atoms with Gasteiger partial charge in [0, 0.05) is 12.8 Å².